The average molecular weight is 436 g/mol. The number of ether oxygens (including phenoxy) is 1. The molecule has 0 bridgehead atoms. The van der Waals surface area contributed by atoms with Crippen molar-refractivity contribution in [3.8, 4) is 11.5 Å². The van der Waals surface area contributed by atoms with Gasteiger partial charge in [-0.2, -0.15) is 0 Å². The Labute approximate surface area is 181 Å². The van der Waals surface area contributed by atoms with Crippen LogP contribution >= 0.6 is 11.6 Å². The highest BCUT2D eigenvalue weighted by Gasteiger charge is 2.72. The van der Waals surface area contributed by atoms with Crippen LogP contribution in [0, 0.1) is 29.6 Å². The third-order valence-corrected chi connectivity index (χ3v) is 8.28. The maximum Gasteiger partial charge on any atom is 0.342 e. The highest BCUT2D eigenvalue weighted by molar-refractivity contribution is 6.33. The first-order valence-corrected chi connectivity index (χ1v) is 10.7. The molecule has 7 heteroatoms. The van der Waals surface area contributed by atoms with Crippen molar-refractivity contribution >= 4 is 17.6 Å². The van der Waals surface area contributed by atoms with E-state index in [9.17, 15) is 25.2 Å². The van der Waals surface area contributed by atoms with Gasteiger partial charge in [0.15, 0.2) is 0 Å². The molecule has 2 saturated carbocycles. The Bertz CT molecular complexity index is 954. The molecule has 0 aromatic heterocycles. The van der Waals surface area contributed by atoms with Crippen LogP contribution in [0.5, 0.6) is 11.5 Å². The SMILES string of the molecule is Cc1c(Cl)c([O-])cc(O)c1C(=O)O[C@@H]1C[C@]2(C)[C@H]3CC(C)(C)C[C@H]3C=C(CO)[C@]12O. The fourth-order valence-electron chi connectivity index (χ4n) is 6.29. The standard InChI is InChI=1S/C23H29ClO6/c1-11-18(15(26)6-16(27)19(11)24)20(28)30-17-9-22(4)14-8-21(2,3)7-12(14)5-13(10-25)23(17,22)29/h5-6,12,14,17,25-27,29H,7-10H2,1-4H3/p-1/t12-,14+,17-,22-,23+/m1/s1. The Balaban J connectivity index is 1.66. The van der Waals surface area contributed by atoms with Gasteiger partial charge in [-0.25, -0.2) is 4.79 Å². The lowest BCUT2D eigenvalue weighted by Gasteiger charge is -2.65. The summed E-state index contributed by atoms with van der Waals surface area (Å²) in [6.07, 6.45) is 3.50. The molecule has 3 aliphatic carbocycles. The normalized spacial score (nSPS) is 36.4. The topological polar surface area (TPSA) is 110 Å². The Hall–Kier alpha value is -1.76. The molecule has 6 nitrogen and oxygen atoms in total. The maximum atomic E-state index is 12.9. The van der Waals surface area contributed by atoms with Crippen molar-refractivity contribution in [3.63, 3.8) is 0 Å². The van der Waals surface area contributed by atoms with Crippen molar-refractivity contribution in [2.75, 3.05) is 6.61 Å². The van der Waals surface area contributed by atoms with E-state index in [1.807, 2.05) is 13.0 Å². The molecule has 164 valence electrons. The van der Waals surface area contributed by atoms with E-state index in [1.54, 1.807) is 0 Å². The first kappa shape index (κ1) is 21.5. The summed E-state index contributed by atoms with van der Waals surface area (Å²) in [5, 5.41) is 43.4. The molecule has 3 N–H and O–H groups in total. The number of aromatic hydroxyl groups is 1. The molecule has 0 radical (unpaired) electrons. The quantitative estimate of drug-likeness (QED) is 0.497. The number of hydrogen-bond acceptors (Lipinski definition) is 6. The molecule has 0 spiro atoms. The fraction of sp³-hybridized carbons (Fsp3) is 0.609. The van der Waals surface area contributed by atoms with Crippen molar-refractivity contribution in [3.05, 3.63) is 33.9 Å². The van der Waals surface area contributed by atoms with Crippen molar-refractivity contribution < 1.29 is 30.0 Å². The molecule has 0 amide bonds. The Morgan fingerprint density at radius 3 is 2.60 bits per heavy atom. The number of fused-ring (bicyclic) bond motifs is 3. The highest BCUT2D eigenvalue weighted by Crippen LogP contribution is 2.68. The summed E-state index contributed by atoms with van der Waals surface area (Å²) >= 11 is 5.95. The van der Waals surface area contributed by atoms with E-state index in [1.165, 1.54) is 6.92 Å². The molecule has 0 saturated heterocycles. The van der Waals surface area contributed by atoms with E-state index in [0.29, 0.717) is 12.0 Å². The second kappa shape index (κ2) is 6.62. The zero-order chi connectivity index (χ0) is 22.2. The minimum absolute atomic E-state index is 0.139. The van der Waals surface area contributed by atoms with Crippen LogP contribution in [0.4, 0.5) is 0 Å². The van der Waals surface area contributed by atoms with Crippen molar-refractivity contribution in [2.24, 2.45) is 22.7 Å². The second-order valence-corrected chi connectivity index (χ2v) is 10.6. The van der Waals surface area contributed by atoms with Gasteiger partial charge >= 0.3 is 5.97 Å². The van der Waals surface area contributed by atoms with Gasteiger partial charge in [0, 0.05) is 10.4 Å². The summed E-state index contributed by atoms with van der Waals surface area (Å²) in [6.45, 7) is 7.58. The van der Waals surface area contributed by atoms with Gasteiger partial charge in [-0.3, -0.25) is 0 Å². The van der Waals surface area contributed by atoms with Crippen LogP contribution in [-0.2, 0) is 4.74 Å². The Kier molecular flexibility index (Phi) is 4.74. The molecular weight excluding hydrogens is 408 g/mol. The molecule has 1 aromatic carbocycles. The van der Waals surface area contributed by atoms with Gasteiger partial charge < -0.3 is 25.2 Å². The Morgan fingerprint density at radius 2 is 1.97 bits per heavy atom. The third-order valence-electron chi connectivity index (χ3n) is 7.82. The van der Waals surface area contributed by atoms with Crippen LogP contribution in [0.1, 0.15) is 56.0 Å². The number of esters is 1. The van der Waals surface area contributed by atoms with Crippen LogP contribution in [-0.4, -0.2) is 39.6 Å². The predicted molar refractivity (Wildman–Crippen MR) is 109 cm³/mol. The van der Waals surface area contributed by atoms with E-state index >= 15 is 0 Å². The minimum atomic E-state index is -1.47. The van der Waals surface area contributed by atoms with Gasteiger partial charge in [0.2, 0.25) is 0 Å². The maximum absolute atomic E-state index is 12.9. The molecule has 0 aliphatic heterocycles. The monoisotopic (exact) mass is 435 g/mol. The molecular formula is C23H28ClO6-. The predicted octanol–water partition coefficient (Wildman–Crippen LogP) is 3.08. The number of benzene rings is 1. The van der Waals surface area contributed by atoms with Crippen molar-refractivity contribution in [1.29, 1.82) is 0 Å². The van der Waals surface area contributed by atoms with E-state index in [0.717, 1.165) is 18.9 Å². The number of hydrogen-bond donors (Lipinski definition) is 3. The molecule has 3 aliphatic rings. The van der Waals surface area contributed by atoms with Crippen LogP contribution in [0.2, 0.25) is 5.02 Å². The summed E-state index contributed by atoms with van der Waals surface area (Å²) in [7, 11) is 0. The van der Waals surface area contributed by atoms with E-state index in [-0.39, 0.29) is 40.0 Å². The van der Waals surface area contributed by atoms with E-state index in [4.69, 9.17) is 16.3 Å². The number of phenols is 1. The molecule has 2 fully saturated rings. The number of allylic oxidation sites excluding steroid dienone is 1. The largest absolute Gasteiger partial charge is 0.871 e. The number of rotatable bonds is 3. The van der Waals surface area contributed by atoms with Crippen molar-refractivity contribution in [2.45, 2.75) is 58.7 Å². The number of aliphatic hydroxyl groups is 2. The molecule has 30 heavy (non-hydrogen) atoms. The summed E-state index contributed by atoms with van der Waals surface area (Å²) < 4.78 is 5.64. The van der Waals surface area contributed by atoms with Crippen LogP contribution < -0.4 is 5.11 Å². The lowest BCUT2D eigenvalue weighted by atomic mass is 9.44. The average Bonchev–Trinajstić information content (AvgIpc) is 2.97. The highest BCUT2D eigenvalue weighted by atomic mass is 35.5. The van der Waals surface area contributed by atoms with Crippen LogP contribution in [0.15, 0.2) is 17.7 Å². The van der Waals surface area contributed by atoms with Gasteiger partial charge in [0.25, 0.3) is 0 Å². The number of carbonyl (C=O) groups is 1. The van der Waals surface area contributed by atoms with Gasteiger partial charge in [0.05, 0.1) is 6.61 Å². The number of aliphatic hydroxyl groups excluding tert-OH is 1. The molecule has 0 heterocycles. The van der Waals surface area contributed by atoms with E-state index < -0.39 is 34.6 Å². The zero-order valence-electron chi connectivity index (χ0n) is 17.7. The summed E-state index contributed by atoms with van der Waals surface area (Å²) in [5.41, 5.74) is -1.40. The Morgan fingerprint density at radius 1 is 1.30 bits per heavy atom. The number of carbonyl (C=O) groups excluding carboxylic acids is 1. The molecule has 4 rings (SSSR count). The lowest BCUT2D eigenvalue weighted by molar-refractivity contribution is -0.268. The first-order chi connectivity index (χ1) is 13.9. The molecule has 5 atom stereocenters. The fourth-order valence-corrected chi connectivity index (χ4v) is 6.44. The van der Waals surface area contributed by atoms with Gasteiger partial charge in [0.1, 0.15) is 23.0 Å². The second-order valence-electron chi connectivity index (χ2n) is 10.2. The lowest BCUT2D eigenvalue weighted by Crippen LogP contribution is -2.73. The molecule has 1 aromatic rings. The van der Waals surface area contributed by atoms with Gasteiger partial charge in [-0.1, -0.05) is 44.2 Å². The molecule has 0 unspecified atom stereocenters. The summed E-state index contributed by atoms with van der Waals surface area (Å²) in [5.74, 6) is -1.42. The van der Waals surface area contributed by atoms with Gasteiger partial charge in [-0.05, 0) is 60.6 Å². The zero-order valence-corrected chi connectivity index (χ0v) is 18.4. The van der Waals surface area contributed by atoms with Crippen LogP contribution in [0.3, 0.4) is 0 Å². The minimum Gasteiger partial charge on any atom is -0.871 e. The van der Waals surface area contributed by atoms with Crippen molar-refractivity contribution in [1.82, 2.24) is 0 Å². The first-order valence-electron chi connectivity index (χ1n) is 10.3. The third kappa shape index (κ3) is 2.73. The van der Waals surface area contributed by atoms with E-state index in [2.05, 4.69) is 13.8 Å². The number of halogens is 1. The summed E-state index contributed by atoms with van der Waals surface area (Å²) in [4.78, 5) is 12.9. The smallest absolute Gasteiger partial charge is 0.342 e. The van der Waals surface area contributed by atoms with Gasteiger partial charge in [-0.15, -0.1) is 0 Å². The number of phenolic OH excluding ortho intramolecular Hbond substituents is 1. The summed E-state index contributed by atoms with van der Waals surface area (Å²) in [6, 6.07) is 0.885. The van der Waals surface area contributed by atoms with Crippen LogP contribution in [0.25, 0.3) is 0 Å².